The number of piperazine rings is 1. The number of aliphatic hydroxyl groups excluding tert-OH is 1. The van der Waals surface area contributed by atoms with Crippen LogP contribution in [0.5, 0.6) is 5.75 Å². The quantitative estimate of drug-likeness (QED) is 0.707. The molecule has 0 saturated carbocycles. The van der Waals surface area contributed by atoms with Crippen molar-refractivity contribution in [3.05, 3.63) is 53.6 Å². The van der Waals surface area contributed by atoms with Gasteiger partial charge in [0, 0.05) is 38.8 Å². The maximum absolute atomic E-state index is 9.59. The molecule has 0 spiro atoms. The van der Waals surface area contributed by atoms with Gasteiger partial charge in [-0.05, 0) is 42.7 Å². The van der Waals surface area contributed by atoms with E-state index in [-0.39, 0.29) is 12.6 Å². The van der Waals surface area contributed by atoms with Crippen LogP contribution in [-0.2, 0) is 6.54 Å². The molecule has 6 nitrogen and oxygen atoms in total. The summed E-state index contributed by atoms with van der Waals surface area (Å²) in [5.41, 5.74) is 4.10. The fourth-order valence-electron chi connectivity index (χ4n) is 3.97. The number of rotatable bonds is 6. The van der Waals surface area contributed by atoms with Gasteiger partial charge < -0.3 is 19.2 Å². The van der Waals surface area contributed by atoms with Gasteiger partial charge in [0.2, 0.25) is 0 Å². The second kappa shape index (κ2) is 8.20. The predicted molar refractivity (Wildman–Crippen MR) is 110 cm³/mol. The lowest BCUT2D eigenvalue weighted by atomic mass is 10.1. The zero-order valence-electron chi connectivity index (χ0n) is 16.5. The van der Waals surface area contributed by atoms with E-state index in [1.807, 2.05) is 30.3 Å². The van der Waals surface area contributed by atoms with Crippen LogP contribution in [0.3, 0.4) is 0 Å². The summed E-state index contributed by atoms with van der Waals surface area (Å²) in [6, 6.07) is 15.1. The Morgan fingerprint density at radius 2 is 2.07 bits per heavy atom. The molecule has 6 heteroatoms. The number of aliphatic hydroxyl groups is 1. The first kappa shape index (κ1) is 18.8. The molecule has 1 atom stereocenters. The minimum atomic E-state index is 0.171. The third-order valence-corrected chi connectivity index (χ3v) is 5.47. The van der Waals surface area contributed by atoms with Crippen LogP contribution in [-0.4, -0.2) is 54.4 Å². The van der Waals surface area contributed by atoms with E-state index in [4.69, 9.17) is 9.15 Å². The molecule has 0 radical (unpaired) electrons. The molecule has 0 bridgehead atoms. The van der Waals surface area contributed by atoms with Crippen LogP contribution in [0.4, 0.5) is 6.01 Å². The van der Waals surface area contributed by atoms with E-state index < -0.39 is 0 Å². The summed E-state index contributed by atoms with van der Waals surface area (Å²) in [6.07, 6.45) is 0.728. The van der Waals surface area contributed by atoms with Crippen molar-refractivity contribution in [3.63, 3.8) is 0 Å². The highest BCUT2D eigenvalue weighted by Gasteiger charge is 2.29. The molecule has 148 valence electrons. The number of aryl methyl sites for hydroxylation is 1. The maximum Gasteiger partial charge on any atom is 0.298 e. The van der Waals surface area contributed by atoms with E-state index in [1.165, 1.54) is 5.56 Å². The number of fused-ring (bicyclic) bond motifs is 1. The third kappa shape index (κ3) is 3.84. The van der Waals surface area contributed by atoms with Crippen LogP contribution in [0.25, 0.3) is 11.1 Å². The van der Waals surface area contributed by atoms with Crippen LogP contribution >= 0.6 is 0 Å². The van der Waals surface area contributed by atoms with Gasteiger partial charge in [-0.3, -0.25) is 4.90 Å². The van der Waals surface area contributed by atoms with E-state index in [2.05, 4.69) is 33.8 Å². The van der Waals surface area contributed by atoms with E-state index in [0.717, 1.165) is 55.0 Å². The summed E-state index contributed by atoms with van der Waals surface area (Å²) < 4.78 is 11.3. The first-order chi connectivity index (χ1) is 13.7. The van der Waals surface area contributed by atoms with E-state index >= 15 is 0 Å². The Hall–Kier alpha value is -2.57. The first-order valence-electron chi connectivity index (χ1n) is 9.77. The Morgan fingerprint density at radius 1 is 1.21 bits per heavy atom. The van der Waals surface area contributed by atoms with Gasteiger partial charge >= 0.3 is 0 Å². The Labute approximate surface area is 165 Å². The number of hydrogen-bond acceptors (Lipinski definition) is 6. The summed E-state index contributed by atoms with van der Waals surface area (Å²) in [5.74, 6) is 0.913. The number of para-hydroxylation sites is 2. The number of hydrogen-bond donors (Lipinski definition) is 1. The van der Waals surface area contributed by atoms with Crippen molar-refractivity contribution in [3.8, 4) is 5.75 Å². The molecule has 3 aromatic rings. The minimum absolute atomic E-state index is 0.171. The Balaban J connectivity index is 1.49. The van der Waals surface area contributed by atoms with E-state index in [0.29, 0.717) is 6.01 Å². The normalized spacial score (nSPS) is 18.0. The van der Waals surface area contributed by atoms with Crippen molar-refractivity contribution in [2.45, 2.75) is 25.9 Å². The lowest BCUT2D eigenvalue weighted by Gasteiger charge is -2.40. The lowest BCUT2D eigenvalue weighted by molar-refractivity contribution is 0.133. The monoisotopic (exact) mass is 381 g/mol. The first-order valence-corrected chi connectivity index (χ1v) is 9.77. The van der Waals surface area contributed by atoms with Gasteiger partial charge in [0.1, 0.15) is 11.3 Å². The fraction of sp³-hybridized carbons (Fsp3) is 0.409. The molecule has 1 fully saturated rings. The largest absolute Gasteiger partial charge is 0.496 e. The number of methoxy groups -OCH3 is 1. The number of ether oxygens (including phenoxy) is 1. The molecule has 1 N–H and O–H groups in total. The zero-order valence-corrected chi connectivity index (χ0v) is 16.5. The van der Waals surface area contributed by atoms with Crippen molar-refractivity contribution in [1.82, 2.24) is 9.88 Å². The lowest BCUT2D eigenvalue weighted by Crippen LogP contribution is -2.53. The van der Waals surface area contributed by atoms with Gasteiger partial charge in [-0.15, -0.1) is 0 Å². The number of benzene rings is 2. The minimum Gasteiger partial charge on any atom is -0.496 e. The third-order valence-electron chi connectivity index (χ3n) is 5.47. The predicted octanol–water partition coefficient (Wildman–Crippen LogP) is 3.22. The standard InChI is InChI=1S/C22H27N3O3/c1-16-13-17(7-8-20(16)27-2)14-24-10-11-25(15-18(24)9-12-26)22-23-19-5-3-4-6-21(19)28-22/h3-8,13,18,26H,9-12,14-15H2,1-2H3/t18-/m0/s1. The highest BCUT2D eigenvalue weighted by Crippen LogP contribution is 2.26. The van der Waals surface area contributed by atoms with Gasteiger partial charge in [0.25, 0.3) is 6.01 Å². The molecule has 0 unspecified atom stereocenters. The molecule has 0 aliphatic carbocycles. The summed E-state index contributed by atoms with van der Waals surface area (Å²) >= 11 is 0. The molecule has 1 aliphatic rings. The second-order valence-corrected chi connectivity index (χ2v) is 7.35. The van der Waals surface area contributed by atoms with Crippen molar-refractivity contribution < 1.29 is 14.3 Å². The van der Waals surface area contributed by atoms with Crippen LogP contribution in [0.15, 0.2) is 46.9 Å². The second-order valence-electron chi connectivity index (χ2n) is 7.35. The molecule has 2 heterocycles. The molecule has 1 aliphatic heterocycles. The highest BCUT2D eigenvalue weighted by molar-refractivity contribution is 5.74. The van der Waals surface area contributed by atoms with Crippen LogP contribution in [0.1, 0.15) is 17.5 Å². The van der Waals surface area contributed by atoms with Gasteiger partial charge in [-0.25, -0.2) is 0 Å². The molecule has 4 rings (SSSR count). The Morgan fingerprint density at radius 3 is 2.82 bits per heavy atom. The molecule has 0 amide bonds. The average molecular weight is 381 g/mol. The zero-order chi connectivity index (χ0) is 19.5. The number of nitrogens with zero attached hydrogens (tertiary/aromatic N) is 3. The van der Waals surface area contributed by atoms with Crippen molar-refractivity contribution in [1.29, 1.82) is 0 Å². The topological polar surface area (TPSA) is 62.0 Å². The summed E-state index contributed by atoms with van der Waals surface area (Å²) in [5, 5.41) is 9.59. The molecule has 28 heavy (non-hydrogen) atoms. The molecular weight excluding hydrogens is 354 g/mol. The fourth-order valence-corrected chi connectivity index (χ4v) is 3.97. The average Bonchev–Trinajstić information content (AvgIpc) is 3.14. The van der Waals surface area contributed by atoms with E-state index in [9.17, 15) is 5.11 Å². The van der Waals surface area contributed by atoms with Crippen molar-refractivity contribution in [2.75, 3.05) is 38.3 Å². The molecule has 2 aromatic carbocycles. The molecule has 1 saturated heterocycles. The summed E-state index contributed by atoms with van der Waals surface area (Å²) in [6.45, 7) is 5.64. The summed E-state index contributed by atoms with van der Waals surface area (Å²) in [4.78, 5) is 9.27. The number of aromatic nitrogens is 1. The number of oxazole rings is 1. The van der Waals surface area contributed by atoms with Crippen molar-refractivity contribution in [2.24, 2.45) is 0 Å². The van der Waals surface area contributed by atoms with Crippen molar-refractivity contribution >= 4 is 17.1 Å². The smallest absolute Gasteiger partial charge is 0.298 e. The molecular formula is C22H27N3O3. The van der Waals surface area contributed by atoms with Gasteiger partial charge in [0.05, 0.1) is 7.11 Å². The SMILES string of the molecule is COc1ccc(CN2CCN(c3nc4ccccc4o3)C[C@@H]2CCO)cc1C. The Kier molecular flexibility index (Phi) is 5.50. The Bertz CT molecular complexity index is 907. The van der Waals surface area contributed by atoms with Gasteiger partial charge in [-0.2, -0.15) is 4.98 Å². The maximum atomic E-state index is 9.59. The van der Waals surface area contributed by atoms with Crippen LogP contribution in [0.2, 0.25) is 0 Å². The van der Waals surface area contributed by atoms with Crippen LogP contribution < -0.4 is 9.64 Å². The van der Waals surface area contributed by atoms with E-state index in [1.54, 1.807) is 7.11 Å². The van der Waals surface area contributed by atoms with Gasteiger partial charge in [0.15, 0.2) is 5.58 Å². The highest BCUT2D eigenvalue weighted by atomic mass is 16.5. The van der Waals surface area contributed by atoms with Gasteiger partial charge in [-0.1, -0.05) is 24.3 Å². The molecule has 1 aromatic heterocycles. The number of anilines is 1. The summed E-state index contributed by atoms with van der Waals surface area (Å²) in [7, 11) is 1.70. The van der Waals surface area contributed by atoms with Crippen LogP contribution in [0, 0.1) is 6.92 Å².